The van der Waals surface area contributed by atoms with Crippen LogP contribution < -0.4 is 0 Å². The van der Waals surface area contributed by atoms with Crippen LogP contribution in [-0.4, -0.2) is 10.4 Å². The molecule has 1 aliphatic rings. The van der Waals surface area contributed by atoms with Crippen molar-refractivity contribution in [3.8, 4) is 0 Å². The Bertz CT molecular complexity index is 673. The molecule has 22 heavy (non-hydrogen) atoms. The first kappa shape index (κ1) is 16.5. The molecular weight excluding hydrogens is 270 g/mol. The molecule has 2 heteroatoms. The van der Waals surface area contributed by atoms with Crippen LogP contribution in [-0.2, 0) is 13.0 Å². The summed E-state index contributed by atoms with van der Waals surface area (Å²) < 4.78 is 2.22. The van der Waals surface area contributed by atoms with Crippen molar-refractivity contribution in [1.82, 2.24) is 4.57 Å². The molecule has 0 spiro atoms. The monoisotopic (exact) mass is 297 g/mol. The number of aromatic nitrogens is 1. The van der Waals surface area contributed by atoms with Crippen LogP contribution >= 0.6 is 0 Å². The summed E-state index contributed by atoms with van der Waals surface area (Å²) in [5.74, 6) is 0.222. The van der Waals surface area contributed by atoms with E-state index in [1.807, 2.05) is 26.1 Å². The Morgan fingerprint density at radius 3 is 2.36 bits per heavy atom. The zero-order valence-corrected chi connectivity index (χ0v) is 14.7. The van der Waals surface area contributed by atoms with Crippen molar-refractivity contribution in [2.45, 2.75) is 54.5 Å². The SMILES string of the molecule is CC(C)=CCc1c2c(cn1CC=C(C)C)C(=O)C(C)(C)C=C2. The van der Waals surface area contributed by atoms with Gasteiger partial charge in [0, 0.05) is 41.4 Å². The van der Waals surface area contributed by atoms with Gasteiger partial charge in [-0.1, -0.05) is 35.5 Å². The molecule has 1 aromatic heterocycles. The third-order valence-electron chi connectivity index (χ3n) is 4.13. The van der Waals surface area contributed by atoms with Crippen LogP contribution in [0.4, 0.5) is 0 Å². The number of nitrogens with zero attached hydrogens (tertiary/aromatic N) is 1. The minimum absolute atomic E-state index is 0.222. The van der Waals surface area contributed by atoms with Crippen molar-refractivity contribution in [3.63, 3.8) is 0 Å². The van der Waals surface area contributed by atoms with E-state index in [2.05, 4.69) is 50.5 Å². The maximum absolute atomic E-state index is 12.7. The summed E-state index contributed by atoms with van der Waals surface area (Å²) in [5, 5.41) is 0. The lowest BCUT2D eigenvalue weighted by Crippen LogP contribution is -2.24. The van der Waals surface area contributed by atoms with Gasteiger partial charge < -0.3 is 4.57 Å². The average molecular weight is 297 g/mol. The van der Waals surface area contributed by atoms with Gasteiger partial charge in [0.25, 0.3) is 0 Å². The highest BCUT2D eigenvalue weighted by Gasteiger charge is 2.33. The summed E-state index contributed by atoms with van der Waals surface area (Å²) in [4.78, 5) is 12.7. The van der Waals surface area contributed by atoms with Gasteiger partial charge >= 0.3 is 0 Å². The Balaban J connectivity index is 2.51. The Morgan fingerprint density at radius 2 is 1.77 bits per heavy atom. The van der Waals surface area contributed by atoms with Gasteiger partial charge in [-0.25, -0.2) is 0 Å². The van der Waals surface area contributed by atoms with Crippen molar-refractivity contribution in [2.75, 3.05) is 0 Å². The van der Waals surface area contributed by atoms with Crippen molar-refractivity contribution in [2.24, 2.45) is 5.41 Å². The number of ketones is 1. The van der Waals surface area contributed by atoms with Crippen LogP contribution in [0.25, 0.3) is 6.08 Å². The van der Waals surface area contributed by atoms with E-state index in [1.54, 1.807) is 0 Å². The maximum Gasteiger partial charge on any atom is 0.174 e. The summed E-state index contributed by atoms with van der Waals surface area (Å²) in [5.41, 5.74) is 5.39. The molecule has 1 aromatic rings. The van der Waals surface area contributed by atoms with Crippen LogP contribution in [0.3, 0.4) is 0 Å². The van der Waals surface area contributed by atoms with Crippen molar-refractivity contribution in [3.05, 3.63) is 52.4 Å². The molecule has 0 fully saturated rings. The maximum atomic E-state index is 12.7. The van der Waals surface area contributed by atoms with Crippen LogP contribution in [0.2, 0.25) is 0 Å². The second kappa shape index (κ2) is 6.12. The van der Waals surface area contributed by atoms with Crippen LogP contribution in [0.1, 0.15) is 63.2 Å². The molecule has 0 unspecified atom stereocenters. The fourth-order valence-electron chi connectivity index (χ4n) is 2.67. The van der Waals surface area contributed by atoms with E-state index in [9.17, 15) is 4.79 Å². The van der Waals surface area contributed by atoms with E-state index in [1.165, 1.54) is 16.8 Å². The summed E-state index contributed by atoms with van der Waals surface area (Å²) in [6.07, 6.45) is 11.5. The van der Waals surface area contributed by atoms with Crippen LogP contribution in [0.15, 0.2) is 35.6 Å². The number of allylic oxidation sites excluding steroid dienone is 5. The lowest BCUT2D eigenvalue weighted by Gasteiger charge is -2.22. The summed E-state index contributed by atoms with van der Waals surface area (Å²) in [6, 6.07) is 0. The summed E-state index contributed by atoms with van der Waals surface area (Å²) in [6.45, 7) is 13.2. The standard InChI is InChI=1S/C20H27NO/c1-14(2)7-8-18-16-9-11-20(5,6)19(22)17(16)13-21(18)12-10-15(3)4/h7,9-11,13H,8,12H2,1-6H3. The molecule has 1 heterocycles. The quantitative estimate of drug-likeness (QED) is 0.700. The first-order valence-electron chi connectivity index (χ1n) is 7.95. The largest absolute Gasteiger partial charge is 0.346 e. The number of rotatable bonds is 4. The molecule has 0 N–H and O–H groups in total. The van der Waals surface area contributed by atoms with Gasteiger partial charge in [-0.15, -0.1) is 0 Å². The minimum atomic E-state index is -0.399. The predicted molar refractivity (Wildman–Crippen MR) is 94.1 cm³/mol. The molecule has 2 rings (SSSR count). The molecule has 2 nitrogen and oxygen atoms in total. The molecule has 118 valence electrons. The fourth-order valence-corrected chi connectivity index (χ4v) is 2.67. The number of hydrogen-bond donors (Lipinski definition) is 0. The second-order valence-electron chi connectivity index (χ2n) is 7.21. The smallest absolute Gasteiger partial charge is 0.174 e. The van der Waals surface area contributed by atoms with Crippen molar-refractivity contribution < 1.29 is 4.79 Å². The molecule has 0 saturated carbocycles. The van der Waals surface area contributed by atoms with Crippen LogP contribution in [0, 0.1) is 5.41 Å². The Labute approximate surface area is 134 Å². The summed E-state index contributed by atoms with van der Waals surface area (Å²) >= 11 is 0. The molecule has 1 aliphatic carbocycles. The van der Waals surface area contributed by atoms with E-state index in [-0.39, 0.29) is 5.78 Å². The van der Waals surface area contributed by atoms with Crippen molar-refractivity contribution >= 4 is 11.9 Å². The summed E-state index contributed by atoms with van der Waals surface area (Å²) in [7, 11) is 0. The number of carbonyl (C=O) groups is 1. The van der Waals surface area contributed by atoms with Crippen molar-refractivity contribution in [1.29, 1.82) is 0 Å². The topological polar surface area (TPSA) is 22.0 Å². The zero-order valence-electron chi connectivity index (χ0n) is 14.7. The normalized spacial score (nSPS) is 15.5. The number of Topliss-reactive ketones (excluding diaryl/α,β-unsaturated/α-hetero) is 1. The zero-order chi connectivity index (χ0) is 16.5. The van der Waals surface area contributed by atoms with E-state index in [0.29, 0.717) is 0 Å². The molecular formula is C20H27NO. The lowest BCUT2D eigenvalue weighted by atomic mass is 9.79. The molecule has 0 aliphatic heterocycles. The first-order valence-corrected chi connectivity index (χ1v) is 7.95. The Hall–Kier alpha value is -1.83. The third kappa shape index (κ3) is 3.32. The van der Waals surface area contributed by atoms with Gasteiger partial charge in [0.05, 0.1) is 0 Å². The number of carbonyl (C=O) groups excluding carboxylic acids is 1. The first-order chi connectivity index (χ1) is 10.2. The van der Waals surface area contributed by atoms with Gasteiger partial charge in [0.1, 0.15) is 0 Å². The molecule has 0 amide bonds. The van der Waals surface area contributed by atoms with E-state index < -0.39 is 5.41 Å². The third-order valence-corrected chi connectivity index (χ3v) is 4.13. The van der Waals surface area contributed by atoms with Crippen LogP contribution in [0.5, 0.6) is 0 Å². The highest BCUT2D eigenvalue weighted by Crippen LogP contribution is 2.34. The highest BCUT2D eigenvalue weighted by atomic mass is 16.1. The van der Waals surface area contributed by atoms with E-state index >= 15 is 0 Å². The number of hydrogen-bond acceptors (Lipinski definition) is 1. The average Bonchev–Trinajstić information content (AvgIpc) is 2.77. The molecule has 0 atom stereocenters. The fraction of sp³-hybridized carbons (Fsp3) is 0.450. The highest BCUT2D eigenvalue weighted by molar-refractivity contribution is 6.07. The molecule has 0 bridgehead atoms. The molecule has 0 saturated heterocycles. The van der Waals surface area contributed by atoms with Gasteiger partial charge in [-0.05, 0) is 41.5 Å². The Morgan fingerprint density at radius 1 is 1.14 bits per heavy atom. The van der Waals surface area contributed by atoms with Gasteiger partial charge in [-0.2, -0.15) is 0 Å². The lowest BCUT2D eigenvalue weighted by molar-refractivity contribution is 0.0883. The van der Waals surface area contributed by atoms with E-state index in [4.69, 9.17) is 0 Å². The van der Waals surface area contributed by atoms with Gasteiger partial charge in [0.2, 0.25) is 0 Å². The van der Waals surface area contributed by atoms with E-state index in [0.717, 1.165) is 24.1 Å². The number of fused-ring (bicyclic) bond motifs is 1. The second-order valence-corrected chi connectivity index (χ2v) is 7.21. The van der Waals surface area contributed by atoms with Gasteiger partial charge in [0.15, 0.2) is 5.78 Å². The Kier molecular flexibility index (Phi) is 4.60. The molecule has 0 aromatic carbocycles. The molecule has 0 radical (unpaired) electrons. The minimum Gasteiger partial charge on any atom is -0.346 e. The predicted octanol–water partition coefficient (Wildman–Crippen LogP) is 5.20. The van der Waals surface area contributed by atoms with Gasteiger partial charge in [-0.3, -0.25) is 4.79 Å².